The molecule has 118 valence electrons. The van der Waals surface area contributed by atoms with Gasteiger partial charge in [-0.15, -0.1) is 0 Å². The van der Waals surface area contributed by atoms with Gasteiger partial charge in [-0.2, -0.15) is 0 Å². The molecule has 2 aromatic carbocycles. The summed E-state index contributed by atoms with van der Waals surface area (Å²) in [5.41, 5.74) is 7.96. The molecule has 0 spiro atoms. The third-order valence-electron chi connectivity index (χ3n) is 3.85. The minimum Gasteiger partial charge on any atom is -0.326 e. The molecule has 1 heterocycles. The van der Waals surface area contributed by atoms with Gasteiger partial charge in [-0.3, -0.25) is 4.90 Å². The van der Waals surface area contributed by atoms with E-state index < -0.39 is 0 Å². The maximum absolute atomic E-state index is 5.35. The summed E-state index contributed by atoms with van der Waals surface area (Å²) >= 11 is 3.46. The number of rotatable bonds is 3. The molecule has 0 bridgehead atoms. The number of hydrogen-bond acceptors (Lipinski definition) is 2. The number of piperidine rings is 1. The lowest BCUT2D eigenvalue weighted by atomic mass is 10.1. The molecule has 0 saturated carbocycles. The lowest BCUT2D eigenvalue weighted by Crippen LogP contribution is -2.28. The first kappa shape index (κ1) is 17.2. The molecule has 1 saturated heterocycles. The van der Waals surface area contributed by atoms with Crippen LogP contribution in [0.3, 0.4) is 0 Å². The van der Waals surface area contributed by atoms with E-state index in [1.165, 1.54) is 48.0 Å². The van der Waals surface area contributed by atoms with E-state index in [0.29, 0.717) is 6.54 Å². The number of hydrogen-bond donors (Lipinski definition) is 1. The molecule has 1 aliphatic rings. The van der Waals surface area contributed by atoms with E-state index in [0.717, 1.165) is 6.54 Å². The van der Waals surface area contributed by atoms with Crippen molar-refractivity contribution in [2.45, 2.75) is 32.4 Å². The third-order valence-corrected chi connectivity index (χ3v) is 4.38. The lowest BCUT2D eigenvalue weighted by Gasteiger charge is -2.26. The van der Waals surface area contributed by atoms with E-state index >= 15 is 0 Å². The molecule has 3 rings (SSSR count). The topological polar surface area (TPSA) is 29.3 Å². The summed E-state index contributed by atoms with van der Waals surface area (Å²) < 4.78 is 1.17. The van der Waals surface area contributed by atoms with E-state index in [2.05, 4.69) is 45.1 Å². The van der Waals surface area contributed by atoms with Crippen molar-refractivity contribution in [2.75, 3.05) is 13.1 Å². The number of nitrogens with zero attached hydrogens (tertiary/aromatic N) is 1. The fourth-order valence-electron chi connectivity index (χ4n) is 2.58. The highest BCUT2D eigenvalue weighted by Gasteiger charge is 2.09. The van der Waals surface area contributed by atoms with Crippen molar-refractivity contribution in [3.05, 3.63) is 70.2 Å². The van der Waals surface area contributed by atoms with Gasteiger partial charge in [-0.05, 0) is 49.2 Å². The van der Waals surface area contributed by atoms with Crippen molar-refractivity contribution in [2.24, 2.45) is 5.73 Å². The zero-order valence-electron chi connectivity index (χ0n) is 13.0. The molecular weight excluding hydrogens is 336 g/mol. The molecular formula is C19H25BrN2. The Balaban J connectivity index is 0.000000188. The summed E-state index contributed by atoms with van der Waals surface area (Å²) in [6.07, 6.45) is 4.16. The molecule has 2 N–H and O–H groups in total. The number of benzene rings is 2. The van der Waals surface area contributed by atoms with Crippen molar-refractivity contribution in [1.29, 1.82) is 0 Å². The van der Waals surface area contributed by atoms with Gasteiger partial charge >= 0.3 is 0 Å². The minimum atomic E-state index is 0.640. The third kappa shape index (κ3) is 6.30. The van der Waals surface area contributed by atoms with Gasteiger partial charge in [0, 0.05) is 17.6 Å². The average molecular weight is 361 g/mol. The van der Waals surface area contributed by atoms with Crippen LogP contribution < -0.4 is 5.73 Å². The summed E-state index contributed by atoms with van der Waals surface area (Å²) in [5.74, 6) is 0. The van der Waals surface area contributed by atoms with Crippen LogP contribution in [0.4, 0.5) is 0 Å². The fourth-order valence-corrected chi connectivity index (χ4v) is 2.84. The Labute approximate surface area is 142 Å². The van der Waals surface area contributed by atoms with Gasteiger partial charge < -0.3 is 5.73 Å². The van der Waals surface area contributed by atoms with Crippen LogP contribution >= 0.6 is 15.9 Å². The van der Waals surface area contributed by atoms with Crippen LogP contribution in [0.5, 0.6) is 0 Å². The van der Waals surface area contributed by atoms with Crippen LogP contribution in [0.15, 0.2) is 59.1 Å². The van der Waals surface area contributed by atoms with Crippen molar-refractivity contribution in [3.63, 3.8) is 0 Å². The Hall–Kier alpha value is -1.16. The summed E-state index contributed by atoms with van der Waals surface area (Å²) in [5, 5.41) is 0. The van der Waals surface area contributed by atoms with E-state index in [-0.39, 0.29) is 0 Å². The predicted molar refractivity (Wildman–Crippen MR) is 97.6 cm³/mol. The molecule has 3 heteroatoms. The number of likely N-dealkylation sites (tertiary alicyclic amines) is 1. The largest absolute Gasteiger partial charge is 0.326 e. The van der Waals surface area contributed by atoms with E-state index in [9.17, 15) is 0 Å². The van der Waals surface area contributed by atoms with E-state index in [4.69, 9.17) is 5.73 Å². The lowest BCUT2D eigenvalue weighted by molar-refractivity contribution is 0.221. The monoisotopic (exact) mass is 360 g/mol. The highest BCUT2D eigenvalue weighted by Crippen LogP contribution is 2.15. The first-order valence-electron chi connectivity index (χ1n) is 7.99. The second-order valence-corrected chi connectivity index (χ2v) is 6.57. The molecule has 1 fully saturated rings. The van der Waals surface area contributed by atoms with Crippen molar-refractivity contribution >= 4 is 15.9 Å². The van der Waals surface area contributed by atoms with Crippen molar-refractivity contribution in [3.8, 4) is 0 Å². The van der Waals surface area contributed by atoms with Gasteiger partial charge in [0.15, 0.2) is 0 Å². The smallest absolute Gasteiger partial charge is 0.0233 e. The Morgan fingerprint density at radius 2 is 1.45 bits per heavy atom. The SMILES string of the molecule is Brc1ccc(CN2CCCCC2)cc1.NCc1ccccc1. The number of nitrogens with two attached hydrogens (primary N) is 1. The number of halogens is 1. The molecule has 0 atom stereocenters. The predicted octanol–water partition coefficient (Wildman–Crippen LogP) is 4.58. The maximum atomic E-state index is 5.35. The summed E-state index contributed by atoms with van der Waals surface area (Å²) in [4.78, 5) is 2.55. The van der Waals surface area contributed by atoms with Gasteiger partial charge in [-0.25, -0.2) is 0 Å². The van der Waals surface area contributed by atoms with Gasteiger partial charge in [0.25, 0.3) is 0 Å². The van der Waals surface area contributed by atoms with Crippen molar-refractivity contribution in [1.82, 2.24) is 4.90 Å². The van der Waals surface area contributed by atoms with Gasteiger partial charge in [0.1, 0.15) is 0 Å². The van der Waals surface area contributed by atoms with Crippen LogP contribution in [0.25, 0.3) is 0 Å². The van der Waals surface area contributed by atoms with Crippen LogP contribution in [0.1, 0.15) is 30.4 Å². The molecule has 0 radical (unpaired) electrons. The normalized spacial score (nSPS) is 15.0. The summed E-state index contributed by atoms with van der Waals surface area (Å²) in [6, 6.07) is 18.7. The van der Waals surface area contributed by atoms with E-state index in [1.54, 1.807) is 0 Å². The van der Waals surface area contributed by atoms with Gasteiger partial charge in [-0.1, -0.05) is 64.8 Å². The molecule has 2 nitrogen and oxygen atoms in total. The Morgan fingerprint density at radius 3 is 2.00 bits per heavy atom. The second kappa shape index (κ2) is 9.78. The summed E-state index contributed by atoms with van der Waals surface area (Å²) in [6.45, 7) is 4.31. The molecule has 2 aromatic rings. The van der Waals surface area contributed by atoms with E-state index in [1.807, 2.05) is 30.3 Å². The van der Waals surface area contributed by atoms with Gasteiger partial charge in [0.2, 0.25) is 0 Å². The molecule has 0 aliphatic carbocycles. The van der Waals surface area contributed by atoms with Crippen LogP contribution in [0, 0.1) is 0 Å². The quantitative estimate of drug-likeness (QED) is 0.867. The molecule has 1 aliphatic heterocycles. The zero-order valence-corrected chi connectivity index (χ0v) is 14.6. The maximum Gasteiger partial charge on any atom is 0.0233 e. The van der Waals surface area contributed by atoms with Crippen LogP contribution in [0.2, 0.25) is 0 Å². The summed E-state index contributed by atoms with van der Waals surface area (Å²) in [7, 11) is 0. The molecule has 22 heavy (non-hydrogen) atoms. The Bertz CT molecular complexity index is 519. The van der Waals surface area contributed by atoms with Crippen molar-refractivity contribution < 1.29 is 0 Å². The van der Waals surface area contributed by atoms with Crippen LogP contribution in [-0.4, -0.2) is 18.0 Å². The molecule has 0 aromatic heterocycles. The zero-order chi connectivity index (χ0) is 15.6. The minimum absolute atomic E-state index is 0.640. The Kier molecular flexibility index (Phi) is 7.64. The molecule has 0 amide bonds. The average Bonchev–Trinajstić information content (AvgIpc) is 2.59. The first-order valence-corrected chi connectivity index (χ1v) is 8.78. The fraction of sp³-hybridized carbons (Fsp3) is 0.368. The molecule has 0 unspecified atom stereocenters. The Morgan fingerprint density at radius 1 is 0.818 bits per heavy atom. The van der Waals surface area contributed by atoms with Crippen LogP contribution in [-0.2, 0) is 13.1 Å². The first-order chi connectivity index (χ1) is 10.8. The van der Waals surface area contributed by atoms with Gasteiger partial charge in [0.05, 0.1) is 0 Å². The highest BCUT2D eigenvalue weighted by atomic mass is 79.9. The standard InChI is InChI=1S/C12H16BrN.C7H9N/c13-12-6-4-11(5-7-12)10-14-8-2-1-3-9-14;8-6-7-4-2-1-3-5-7/h4-7H,1-3,8-10H2;1-5H,6,8H2. The second-order valence-electron chi connectivity index (χ2n) is 5.65. The highest BCUT2D eigenvalue weighted by molar-refractivity contribution is 9.10.